The van der Waals surface area contributed by atoms with Crippen molar-refractivity contribution < 1.29 is 4.79 Å². The van der Waals surface area contributed by atoms with Gasteiger partial charge in [0.2, 0.25) is 5.91 Å². The summed E-state index contributed by atoms with van der Waals surface area (Å²) in [6.07, 6.45) is 0. The lowest BCUT2D eigenvalue weighted by atomic mass is 10.4. The number of carbonyl (C=O) groups is 1. The summed E-state index contributed by atoms with van der Waals surface area (Å²) in [6.45, 7) is 0.843. The van der Waals surface area contributed by atoms with Crippen LogP contribution in [-0.4, -0.2) is 12.5 Å². The first-order valence-corrected chi connectivity index (χ1v) is 4.61. The van der Waals surface area contributed by atoms with Crippen LogP contribution in [0.1, 0.15) is 4.88 Å². The van der Waals surface area contributed by atoms with E-state index in [0.29, 0.717) is 6.54 Å². The lowest BCUT2D eigenvalue weighted by Gasteiger charge is -1.97. The highest BCUT2D eigenvalue weighted by molar-refractivity contribution is 7.16. The van der Waals surface area contributed by atoms with E-state index in [2.05, 4.69) is 5.32 Å². The molecule has 0 aliphatic carbocycles. The number of halogens is 1. The zero-order chi connectivity index (χ0) is 8.97. The molecule has 0 saturated carbocycles. The normalized spacial score (nSPS) is 10.1. The van der Waals surface area contributed by atoms with Gasteiger partial charge in [-0.05, 0) is 12.1 Å². The molecule has 3 N–H and O–H groups in total. The van der Waals surface area contributed by atoms with Crippen LogP contribution in [0, 0.1) is 0 Å². The molecule has 0 atom stereocenters. The highest BCUT2D eigenvalue weighted by Gasteiger charge is 1.97. The molecule has 1 aromatic rings. The molecular weight excluding hydrogens is 196 g/mol. The first kappa shape index (κ1) is 9.51. The Kier molecular flexibility index (Phi) is 3.52. The first-order valence-electron chi connectivity index (χ1n) is 3.41. The summed E-state index contributed by atoms with van der Waals surface area (Å²) < 4.78 is 0.755. The van der Waals surface area contributed by atoms with E-state index < -0.39 is 0 Å². The monoisotopic (exact) mass is 204 g/mol. The Morgan fingerprint density at radius 1 is 1.67 bits per heavy atom. The van der Waals surface area contributed by atoms with E-state index in [4.69, 9.17) is 17.3 Å². The van der Waals surface area contributed by atoms with Crippen LogP contribution in [0.5, 0.6) is 0 Å². The Bertz CT molecular complexity index is 274. The number of nitrogens with one attached hydrogen (secondary N) is 1. The van der Waals surface area contributed by atoms with Crippen molar-refractivity contribution >= 4 is 28.8 Å². The van der Waals surface area contributed by atoms with E-state index in [-0.39, 0.29) is 12.5 Å². The van der Waals surface area contributed by atoms with Gasteiger partial charge in [0.05, 0.1) is 10.9 Å². The third-order valence-electron chi connectivity index (χ3n) is 1.23. The maximum Gasteiger partial charge on any atom is 0.231 e. The Labute approximate surface area is 79.5 Å². The standard InChI is InChI=1S/C7H9ClN2OS/c8-6-2-1-5(12-6)3-10-4-7(9)11/h1-2,10H,3-4H2,(H2,9,11). The van der Waals surface area contributed by atoms with Gasteiger partial charge in [-0.3, -0.25) is 4.79 Å². The molecule has 0 radical (unpaired) electrons. The molecule has 1 heterocycles. The van der Waals surface area contributed by atoms with Gasteiger partial charge in [0.1, 0.15) is 0 Å². The van der Waals surface area contributed by atoms with E-state index in [0.717, 1.165) is 9.21 Å². The molecule has 0 unspecified atom stereocenters. The number of hydrogen-bond donors (Lipinski definition) is 2. The molecule has 1 amide bonds. The fourth-order valence-corrected chi connectivity index (χ4v) is 1.81. The summed E-state index contributed by atoms with van der Waals surface area (Å²) in [7, 11) is 0. The van der Waals surface area contributed by atoms with Crippen molar-refractivity contribution in [3.8, 4) is 0 Å². The molecule has 12 heavy (non-hydrogen) atoms. The summed E-state index contributed by atoms with van der Waals surface area (Å²) in [5.74, 6) is -0.349. The number of rotatable bonds is 4. The summed E-state index contributed by atoms with van der Waals surface area (Å²) in [6, 6.07) is 3.74. The van der Waals surface area contributed by atoms with Crippen LogP contribution in [0.15, 0.2) is 12.1 Å². The van der Waals surface area contributed by atoms with Crippen molar-refractivity contribution in [2.24, 2.45) is 5.73 Å². The highest BCUT2D eigenvalue weighted by Crippen LogP contribution is 2.20. The van der Waals surface area contributed by atoms with Gasteiger partial charge in [0.25, 0.3) is 0 Å². The zero-order valence-electron chi connectivity index (χ0n) is 6.34. The van der Waals surface area contributed by atoms with Crippen molar-refractivity contribution in [3.63, 3.8) is 0 Å². The Balaban J connectivity index is 2.29. The largest absolute Gasteiger partial charge is 0.369 e. The van der Waals surface area contributed by atoms with Crippen molar-refractivity contribution in [1.29, 1.82) is 0 Å². The average Bonchev–Trinajstić information content (AvgIpc) is 2.35. The van der Waals surface area contributed by atoms with Crippen LogP contribution in [0.25, 0.3) is 0 Å². The van der Waals surface area contributed by atoms with Gasteiger partial charge in [-0.2, -0.15) is 0 Å². The molecule has 0 fully saturated rings. The molecule has 1 aromatic heterocycles. The second kappa shape index (κ2) is 4.45. The Morgan fingerprint density at radius 2 is 2.42 bits per heavy atom. The number of primary amides is 1. The summed E-state index contributed by atoms with van der Waals surface area (Å²) in [4.78, 5) is 11.4. The fraction of sp³-hybridized carbons (Fsp3) is 0.286. The third-order valence-corrected chi connectivity index (χ3v) is 2.46. The predicted octanol–water partition coefficient (Wildman–Crippen LogP) is 0.976. The van der Waals surface area contributed by atoms with Gasteiger partial charge >= 0.3 is 0 Å². The van der Waals surface area contributed by atoms with E-state index in [1.807, 2.05) is 12.1 Å². The van der Waals surface area contributed by atoms with Gasteiger partial charge in [-0.1, -0.05) is 11.6 Å². The van der Waals surface area contributed by atoms with E-state index >= 15 is 0 Å². The first-order chi connectivity index (χ1) is 5.68. The van der Waals surface area contributed by atoms with E-state index in [1.165, 1.54) is 11.3 Å². The number of amides is 1. The molecule has 66 valence electrons. The van der Waals surface area contributed by atoms with Crippen LogP contribution >= 0.6 is 22.9 Å². The van der Waals surface area contributed by atoms with Crippen LogP contribution in [-0.2, 0) is 11.3 Å². The summed E-state index contributed by atoms with van der Waals surface area (Å²) >= 11 is 7.19. The van der Waals surface area contributed by atoms with Crippen LogP contribution in [0.2, 0.25) is 4.34 Å². The van der Waals surface area contributed by atoms with Gasteiger partial charge in [0, 0.05) is 11.4 Å². The Hall–Kier alpha value is -0.580. The number of hydrogen-bond acceptors (Lipinski definition) is 3. The maximum atomic E-state index is 10.3. The smallest absolute Gasteiger partial charge is 0.231 e. The molecule has 5 heteroatoms. The molecule has 0 aromatic carbocycles. The molecule has 0 bridgehead atoms. The molecule has 0 aliphatic heterocycles. The third kappa shape index (κ3) is 3.21. The van der Waals surface area contributed by atoms with Crippen LogP contribution < -0.4 is 11.1 Å². The quantitative estimate of drug-likeness (QED) is 0.768. The summed E-state index contributed by atoms with van der Waals surface area (Å²) in [5, 5.41) is 2.89. The van der Waals surface area contributed by atoms with Crippen molar-refractivity contribution in [2.75, 3.05) is 6.54 Å². The van der Waals surface area contributed by atoms with Gasteiger partial charge < -0.3 is 11.1 Å². The minimum absolute atomic E-state index is 0.204. The fourth-order valence-electron chi connectivity index (χ4n) is 0.756. The van der Waals surface area contributed by atoms with Crippen LogP contribution in [0.3, 0.4) is 0 Å². The SMILES string of the molecule is NC(=O)CNCc1ccc(Cl)s1. The molecule has 0 spiro atoms. The van der Waals surface area contributed by atoms with Crippen molar-refractivity contribution in [1.82, 2.24) is 5.32 Å². The van der Waals surface area contributed by atoms with Gasteiger partial charge in [-0.15, -0.1) is 11.3 Å². The van der Waals surface area contributed by atoms with Gasteiger partial charge in [-0.25, -0.2) is 0 Å². The molecule has 1 rings (SSSR count). The lowest BCUT2D eigenvalue weighted by molar-refractivity contribution is -0.117. The van der Waals surface area contributed by atoms with E-state index in [1.54, 1.807) is 0 Å². The molecule has 0 saturated heterocycles. The minimum Gasteiger partial charge on any atom is -0.369 e. The maximum absolute atomic E-state index is 10.3. The second-order valence-electron chi connectivity index (χ2n) is 2.28. The van der Waals surface area contributed by atoms with E-state index in [9.17, 15) is 4.79 Å². The lowest BCUT2D eigenvalue weighted by Crippen LogP contribution is -2.27. The second-order valence-corrected chi connectivity index (χ2v) is 4.08. The molecule has 0 aliphatic rings. The zero-order valence-corrected chi connectivity index (χ0v) is 7.91. The van der Waals surface area contributed by atoms with Gasteiger partial charge in [0.15, 0.2) is 0 Å². The van der Waals surface area contributed by atoms with Crippen molar-refractivity contribution in [2.45, 2.75) is 6.54 Å². The minimum atomic E-state index is -0.349. The predicted molar refractivity (Wildman–Crippen MR) is 50.2 cm³/mol. The highest BCUT2D eigenvalue weighted by atomic mass is 35.5. The summed E-state index contributed by atoms with van der Waals surface area (Å²) in [5.41, 5.74) is 4.94. The molecule has 3 nitrogen and oxygen atoms in total. The number of carbonyl (C=O) groups excluding carboxylic acids is 1. The average molecular weight is 205 g/mol. The topological polar surface area (TPSA) is 55.1 Å². The Morgan fingerprint density at radius 3 is 2.92 bits per heavy atom. The molecular formula is C7H9ClN2OS. The number of thiophene rings is 1. The number of nitrogens with two attached hydrogens (primary N) is 1. The van der Waals surface area contributed by atoms with Crippen molar-refractivity contribution in [3.05, 3.63) is 21.3 Å². The van der Waals surface area contributed by atoms with Crippen LogP contribution in [0.4, 0.5) is 0 Å².